The number of aliphatic hydroxyl groups is 2. The van der Waals surface area contributed by atoms with Crippen LogP contribution in [0.25, 0.3) is 0 Å². The van der Waals surface area contributed by atoms with E-state index in [1.54, 1.807) is 0 Å². The summed E-state index contributed by atoms with van der Waals surface area (Å²) in [4.78, 5) is 10.8. The number of allylic oxidation sites excluding steroid dienone is 2. The van der Waals surface area contributed by atoms with Gasteiger partial charge in [0.15, 0.2) is 0 Å². The van der Waals surface area contributed by atoms with Crippen LogP contribution >= 0.6 is 31.9 Å². The molecule has 1 saturated heterocycles. The van der Waals surface area contributed by atoms with Crippen molar-refractivity contribution in [1.82, 2.24) is 10.0 Å². The summed E-state index contributed by atoms with van der Waals surface area (Å²) in [5.41, 5.74) is 0. The molecule has 3 N–H and O–H groups in total. The van der Waals surface area contributed by atoms with E-state index < -0.39 is 11.9 Å². The monoisotopic (exact) mass is 354 g/mol. The molecule has 2 heterocycles. The fraction of sp³-hybridized carbons (Fsp3) is 0.375. The fourth-order valence-corrected chi connectivity index (χ4v) is 2.42. The van der Waals surface area contributed by atoms with E-state index in [9.17, 15) is 15.0 Å². The van der Waals surface area contributed by atoms with Crippen molar-refractivity contribution in [2.24, 2.45) is 5.92 Å². The standard InChI is InChI=1S/C8H8Br2N2O4/c9-4-5(10)7(14)12-2-3(8(15)16)1-11(12)6(4)13/h3,13-14H,1-2H2,(H,15,16). The van der Waals surface area contributed by atoms with E-state index >= 15 is 0 Å². The normalized spacial score (nSPS) is 21.9. The average molecular weight is 356 g/mol. The first-order valence-corrected chi connectivity index (χ1v) is 5.97. The molecule has 1 fully saturated rings. The summed E-state index contributed by atoms with van der Waals surface area (Å²) < 4.78 is 0.597. The number of nitrogens with zero attached hydrogens (tertiary/aromatic N) is 2. The number of rotatable bonds is 1. The van der Waals surface area contributed by atoms with Crippen molar-refractivity contribution < 1.29 is 20.1 Å². The maximum Gasteiger partial charge on any atom is 0.310 e. The van der Waals surface area contributed by atoms with Gasteiger partial charge in [0.1, 0.15) is 0 Å². The Bertz CT molecular complexity index is 388. The van der Waals surface area contributed by atoms with Gasteiger partial charge in [-0.05, 0) is 31.9 Å². The predicted octanol–water partition coefficient (Wildman–Crippen LogP) is 1.48. The highest BCUT2D eigenvalue weighted by Crippen LogP contribution is 2.38. The number of aliphatic hydroxyl groups excluding tert-OH is 2. The quantitative estimate of drug-likeness (QED) is 0.660. The molecule has 0 aliphatic carbocycles. The van der Waals surface area contributed by atoms with E-state index in [0.29, 0.717) is 8.96 Å². The molecule has 0 aromatic heterocycles. The molecule has 88 valence electrons. The fourth-order valence-electron chi connectivity index (χ4n) is 1.65. The lowest BCUT2D eigenvalue weighted by molar-refractivity contribution is -0.140. The number of carboxylic acid groups (broad SMARTS) is 1. The molecule has 6 nitrogen and oxygen atoms in total. The van der Waals surface area contributed by atoms with Crippen LogP contribution in [0.1, 0.15) is 0 Å². The molecule has 2 rings (SSSR count). The highest BCUT2D eigenvalue weighted by Gasteiger charge is 2.41. The number of hydrazine groups is 1. The Morgan fingerprint density at radius 3 is 1.81 bits per heavy atom. The van der Waals surface area contributed by atoms with Gasteiger partial charge in [-0.2, -0.15) is 0 Å². The minimum Gasteiger partial charge on any atom is -0.493 e. The van der Waals surface area contributed by atoms with Crippen LogP contribution in [0.5, 0.6) is 0 Å². The molecule has 0 bridgehead atoms. The number of hydrogen-bond donors (Lipinski definition) is 3. The lowest BCUT2D eigenvalue weighted by Crippen LogP contribution is -2.38. The maximum atomic E-state index is 10.8. The summed E-state index contributed by atoms with van der Waals surface area (Å²) >= 11 is 6.20. The van der Waals surface area contributed by atoms with Crippen molar-refractivity contribution in [2.45, 2.75) is 0 Å². The van der Waals surface area contributed by atoms with Gasteiger partial charge >= 0.3 is 5.97 Å². The van der Waals surface area contributed by atoms with E-state index in [1.807, 2.05) is 0 Å². The smallest absolute Gasteiger partial charge is 0.310 e. The second kappa shape index (κ2) is 3.85. The van der Waals surface area contributed by atoms with Gasteiger partial charge in [-0.3, -0.25) is 4.79 Å². The van der Waals surface area contributed by atoms with Crippen molar-refractivity contribution in [3.63, 3.8) is 0 Å². The van der Waals surface area contributed by atoms with Crippen molar-refractivity contribution in [2.75, 3.05) is 13.1 Å². The number of halogens is 2. The number of carbonyl (C=O) groups is 1. The van der Waals surface area contributed by atoms with Crippen molar-refractivity contribution in [1.29, 1.82) is 0 Å². The molecule has 0 spiro atoms. The zero-order valence-electron chi connectivity index (χ0n) is 7.89. The lowest BCUT2D eigenvalue weighted by atomic mass is 10.2. The average Bonchev–Trinajstić information content (AvgIpc) is 2.68. The zero-order valence-corrected chi connectivity index (χ0v) is 11.1. The summed E-state index contributed by atoms with van der Waals surface area (Å²) in [5, 5.41) is 31.1. The van der Waals surface area contributed by atoms with Gasteiger partial charge in [0.25, 0.3) is 0 Å². The molecule has 0 radical (unpaired) electrons. The molecule has 0 aromatic carbocycles. The highest BCUT2D eigenvalue weighted by molar-refractivity contribution is 9.15. The molecule has 2 aliphatic rings. The first-order chi connectivity index (χ1) is 7.43. The Kier molecular flexibility index (Phi) is 2.79. The van der Waals surface area contributed by atoms with E-state index in [0.717, 1.165) is 0 Å². The molecule has 0 saturated carbocycles. The third-order valence-electron chi connectivity index (χ3n) is 2.50. The van der Waals surface area contributed by atoms with E-state index in [1.165, 1.54) is 10.0 Å². The van der Waals surface area contributed by atoms with E-state index in [4.69, 9.17) is 5.11 Å². The SMILES string of the molecule is O=C(O)C1CN2C(O)=C(Br)C(Br)=C(O)N2C1. The van der Waals surface area contributed by atoms with Crippen LogP contribution in [0, 0.1) is 5.92 Å². The summed E-state index contributed by atoms with van der Waals surface area (Å²) in [5.74, 6) is -1.84. The predicted molar refractivity (Wildman–Crippen MR) is 61.7 cm³/mol. The van der Waals surface area contributed by atoms with E-state index in [-0.39, 0.29) is 24.9 Å². The molecule has 0 aromatic rings. The molecular formula is C8H8Br2N2O4. The van der Waals surface area contributed by atoms with Gasteiger partial charge < -0.3 is 15.3 Å². The van der Waals surface area contributed by atoms with Gasteiger partial charge in [-0.15, -0.1) is 0 Å². The van der Waals surface area contributed by atoms with Gasteiger partial charge in [0.05, 0.1) is 28.0 Å². The van der Waals surface area contributed by atoms with Crippen LogP contribution in [0.4, 0.5) is 0 Å². The third-order valence-corrected chi connectivity index (χ3v) is 4.54. The summed E-state index contributed by atoms with van der Waals surface area (Å²) in [6.07, 6.45) is 0. The topological polar surface area (TPSA) is 84.2 Å². The summed E-state index contributed by atoms with van der Waals surface area (Å²) in [7, 11) is 0. The molecule has 8 heteroatoms. The Hall–Kier alpha value is -0.890. The van der Waals surface area contributed by atoms with Crippen LogP contribution in [-0.2, 0) is 4.79 Å². The molecule has 0 unspecified atom stereocenters. The Labute approximate surface area is 108 Å². The van der Waals surface area contributed by atoms with Gasteiger partial charge in [0.2, 0.25) is 11.8 Å². The van der Waals surface area contributed by atoms with Crippen molar-refractivity contribution >= 4 is 37.8 Å². The van der Waals surface area contributed by atoms with Crippen LogP contribution in [-0.4, -0.2) is 44.4 Å². The number of hydrogen-bond acceptors (Lipinski definition) is 5. The second-order valence-electron chi connectivity index (χ2n) is 3.47. The molecule has 0 atom stereocenters. The Morgan fingerprint density at radius 1 is 1.12 bits per heavy atom. The summed E-state index contributed by atoms with van der Waals surface area (Å²) in [6, 6.07) is 0. The third kappa shape index (κ3) is 1.56. The Balaban J connectivity index is 2.37. The number of carboxylic acids is 1. The van der Waals surface area contributed by atoms with Gasteiger partial charge in [0, 0.05) is 0 Å². The van der Waals surface area contributed by atoms with Gasteiger partial charge in [-0.1, -0.05) is 0 Å². The Morgan fingerprint density at radius 2 is 1.50 bits per heavy atom. The maximum absolute atomic E-state index is 10.8. The van der Waals surface area contributed by atoms with Crippen molar-refractivity contribution in [3.8, 4) is 0 Å². The largest absolute Gasteiger partial charge is 0.493 e. The number of fused-ring (bicyclic) bond motifs is 1. The first kappa shape index (κ1) is 11.6. The van der Waals surface area contributed by atoms with Crippen molar-refractivity contribution in [3.05, 3.63) is 20.7 Å². The van der Waals surface area contributed by atoms with Crippen LogP contribution in [0.3, 0.4) is 0 Å². The number of aliphatic carboxylic acids is 1. The minimum absolute atomic E-state index is 0.117. The van der Waals surface area contributed by atoms with E-state index in [2.05, 4.69) is 31.9 Å². The molecule has 16 heavy (non-hydrogen) atoms. The molecule has 2 aliphatic heterocycles. The zero-order chi connectivity index (χ0) is 12.0. The minimum atomic E-state index is -0.956. The molecule has 0 amide bonds. The second-order valence-corrected chi connectivity index (χ2v) is 5.06. The highest BCUT2D eigenvalue weighted by atomic mass is 79.9. The molecular weight excluding hydrogens is 348 g/mol. The van der Waals surface area contributed by atoms with Crippen LogP contribution < -0.4 is 0 Å². The first-order valence-electron chi connectivity index (χ1n) is 4.39. The lowest BCUT2D eigenvalue weighted by Gasteiger charge is -2.33. The van der Waals surface area contributed by atoms with Crippen LogP contribution in [0.2, 0.25) is 0 Å². The van der Waals surface area contributed by atoms with Crippen LogP contribution in [0.15, 0.2) is 20.7 Å². The van der Waals surface area contributed by atoms with Gasteiger partial charge in [-0.25, -0.2) is 10.0 Å². The summed E-state index contributed by atoms with van der Waals surface area (Å²) in [6.45, 7) is 0.251.